The van der Waals surface area contributed by atoms with Crippen molar-refractivity contribution in [2.24, 2.45) is 23.0 Å². The zero-order valence-electron chi connectivity index (χ0n) is 14.0. The van der Waals surface area contributed by atoms with Gasteiger partial charge in [0.15, 0.2) is 0 Å². The molecule has 2 rings (SSSR count). The van der Waals surface area contributed by atoms with E-state index in [1.54, 1.807) is 0 Å². The molecule has 0 spiro atoms. The minimum absolute atomic E-state index is 0.00206. The van der Waals surface area contributed by atoms with Gasteiger partial charge in [-0.1, -0.05) is 27.7 Å². The Morgan fingerprint density at radius 1 is 1.29 bits per heavy atom. The highest BCUT2D eigenvalue weighted by Crippen LogP contribution is 2.44. The minimum atomic E-state index is -0.00206. The lowest BCUT2D eigenvalue weighted by Crippen LogP contribution is -2.52. The molecule has 2 fully saturated rings. The average molecular weight is 313 g/mol. The van der Waals surface area contributed by atoms with E-state index in [4.69, 9.17) is 5.73 Å². The van der Waals surface area contributed by atoms with Crippen molar-refractivity contribution < 1.29 is 4.79 Å². The predicted molar refractivity (Wildman–Crippen MR) is 91.3 cm³/mol. The number of thioether (sulfide) groups is 1. The lowest BCUT2D eigenvalue weighted by atomic mass is 9.61. The van der Waals surface area contributed by atoms with Crippen LogP contribution in [0, 0.1) is 17.3 Å². The normalized spacial score (nSPS) is 39.2. The van der Waals surface area contributed by atoms with E-state index in [2.05, 4.69) is 33.0 Å². The molecule has 5 unspecified atom stereocenters. The lowest BCUT2D eigenvalue weighted by molar-refractivity contribution is -0.133. The molecule has 5 atom stereocenters. The van der Waals surface area contributed by atoms with Crippen LogP contribution in [0.15, 0.2) is 0 Å². The smallest absolute Gasteiger partial charge is 0.223 e. The first-order valence-corrected chi connectivity index (χ1v) is 9.58. The molecule has 2 aliphatic rings. The van der Waals surface area contributed by atoms with E-state index in [0.717, 1.165) is 30.9 Å². The van der Waals surface area contributed by atoms with Crippen LogP contribution in [0.25, 0.3) is 0 Å². The van der Waals surface area contributed by atoms with Crippen molar-refractivity contribution in [2.75, 3.05) is 5.75 Å². The van der Waals surface area contributed by atoms with Crippen LogP contribution in [-0.2, 0) is 4.79 Å². The zero-order valence-corrected chi connectivity index (χ0v) is 14.8. The quantitative estimate of drug-likeness (QED) is 0.838. The zero-order chi connectivity index (χ0) is 15.6. The molecule has 0 aromatic carbocycles. The summed E-state index contributed by atoms with van der Waals surface area (Å²) in [6.45, 7) is 8.84. The molecule has 2 aliphatic carbocycles. The van der Waals surface area contributed by atoms with Crippen LogP contribution in [0.4, 0.5) is 0 Å². The first-order chi connectivity index (χ1) is 9.86. The Labute approximate surface area is 134 Å². The highest BCUT2D eigenvalue weighted by Gasteiger charge is 2.45. The van der Waals surface area contributed by atoms with Gasteiger partial charge in [-0.3, -0.25) is 4.79 Å². The number of rotatable bonds is 4. The molecular formula is C17H32N2OS. The topological polar surface area (TPSA) is 55.1 Å². The van der Waals surface area contributed by atoms with Crippen LogP contribution in [0.2, 0.25) is 0 Å². The summed E-state index contributed by atoms with van der Waals surface area (Å²) >= 11 is 2.04. The summed E-state index contributed by atoms with van der Waals surface area (Å²) in [5.41, 5.74) is 6.19. The molecule has 3 N–H and O–H groups in total. The second-order valence-corrected chi connectivity index (χ2v) is 9.08. The van der Waals surface area contributed by atoms with Gasteiger partial charge in [0.1, 0.15) is 0 Å². The maximum atomic E-state index is 12.7. The number of carbonyl (C=O) groups is 1. The third-order valence-corrected chi connectivity index (χ3v) is 7.19. The van der Waals surface area contributed by atoms with E-state index in [1.165, 1.54) is 12.2 Å². The summed E-state index contributed by atoms with van der Waals surface area (Å²) in [4.78, 5) is 12.7. The molecule has 0 aliphatic heterocycles. The molecule has 21 heavy (non-hydrogen) atoms. The van der Waals surface area contributed by atoms with Crippen molar-refractivity contribution in [1.29, 1.82) is 0 Å². The summed E-state index contributed by atoms with van der Waals surface area (Å²) in [7, 11) is 0. The Balaban J connectivity index is 1.91. The standard InChI is InChI=1S/C17H32N2OS/c1-5-21-13-7-6-12(10-13)19-16(20)14-8-9-15(18)11(2)17(14,3)4/h11-15H,5-10,18H2,1-4H3,(H,19,20). The van der Waals surface area contributed by atoms with Gasteiger partial charge in [-0.05, 0) is 49.2 Å². The second kappa shape index (κ2) is 6.91. The third-order valence-electron chi connectivity index (χ3n) is 5.95. The Morgan fingerprint density at radius 3 is 2.67 bits per heavy atom. The summed E-state index contributed by atoms with van der Waals surface area (Å²) < 4.78 is 0. The first-order valence-electron chi connectivity index (χ1n) is 8.53. The molecule has 3 nitrogen and oxygen atoms in total. The van der Waals surface area contributed by atoms with Gasteiger partial charge in [0.25, 0.3) is 0 Å². The molecule has 2 saturated carbocycles. The second-order valence-electron chi connectivity index (χ2n) is 7.50. The Hall–Kier alpha value is -0.220. The fraction of sp³-hybridized carbons (Fsp3) is 0.941. The molecule has 122 valence electrons. The summed E-state index contributed by atoms with van der Waals surface area (Å²) in [6, 6.07) is 0.629. The Morgan fingerprint density at radius 2 is 2.00 bits per heavy atom. The van der Waals surface area contributed by atoms with Gasteiger partial charge in [0, 0.05) is 23.3 Å². The van der Waals surface area contributed by atoms with Crippen LogP contribution < -0.4 is 11.1 Å². The molecule has 0 heterocycles. The van der Waals surface area contributed by atoms with Crippen molar-refractivity contribution in [3.8, 4) is 0 Å². The Bertz CT molecular complexity index is 372. The fourth-order valence-corrected chi connectivity index (χ4v) is 5.22. The molecule has 0 radical (unpaired) electrons. The number of carbonyl (C=O) groups excluding carboxylic acids is 1. The van der Waals surface area contributed by atoms with Crippen LogP contribution in [0.5, 0.6) is 0 Å². The van der Waals surface area contributed by atoms with E-state index in [9.17, 15) is 4.79 Å². The number of nitrogens with two attached hydrogens (primary N) is 1. The van der Waals surface area contributed by atoms with Gasteiger partial charge in [-0.25, -0.2) is 0 Å². The maximum absolute atomic E-state index is 12.7. The molecule has 0 aromatic rings. The summed E-state index contributed by atoms with van der Waals surface area (Å²) in [5, 5.41) is 4.08. The number of amides is 1. The maximum Gasteiger partial charge on any atom is 0.223 e. The van der Waals surface area contributed by atoms with Crippen LogP contribution in [-0.4, -0.2) is 29.0 Å². The van der Waals surface area contributed by atoms with E-state index < -0.39 is 0 Å². The van der Waals surface area contributed by atoms with Gasteiger partial charge in [-0.2, -0.15) is 11.8 Å². The van der Waals surface area contributed by atoms with Gasteiger partial charge in [-0.15, -0.1) is 0 Å². The number of hydrogen-bond donors (Lipinski definition) is 2. The molecule has 4 heteroatoms. The Kier molecular flexibility index (Phi) is 5.64. The van der Waals surface area contributed by atoms with Crippen molar-refractivity contribution in [3.63, 3.8) is 0 Å². The molecule has 0 aromatic heterocycles. The summed E-state index contributed by atoms with van der Waals surface area (Å²) in [5.74, 6) is 1.96. The molecule has 0 bridgehead atoms. The van der Waals surface area contributed by atoms with E-state index in [0.29, 0.717) is 12.0 Å². The van der Waals surface area contributed by atoms with E-state index in [1.807, 2.05) is 11.8 Å². The van der Waals surface area contributed by atoms with Gasteiger partial charge < -0.3 is 11.1 Å². The summed E-state index contributed by atoms with van der Waals surface area (Å²) in [6.07, 6.45) is 5.45. The highest BCUT2D eigenvalue weighted by molar-refractivity contribution is 7.99. The predicted octanol–water partition coefficient (Wildman–Crippen LogP) is 3.18. The monoisotopic (exact) mass is 312 g/mol. The van der Waals surface area contributed by atoms with Gasteiger partial charge in [0.2, 0.25) is 5.91 Å². The molecule has 0 saturated heterocycles. The highest BCUT2D eigenvalue weighted by atomic mass is 32.2. The third kappa shape index (κ3) is 3.76. The van der Waals surface area contributed by atoms with Gasteiger partial charge in [0.05, 0.1) is 0 Å². The number of nitrogens with one attached hydrogen (secondary N) is 1. The largest absolute Gasteiger partial charge is 0.353 e. The molecule has 1 amide bonds. The van der Waals surface area contributed by atoms with Crippen molar-refractivity contribution in [2.45, 2.75) is 77.1 Å². The van der Waals surface area contributed by atoms with Crippen molar-refractivity contribution in [1.82, 2.24) is 5.32 Å². The molecular weight excluding hydrogens is 280 g/mol. The van der Waals surface area contributed by atoms with Crippen LogP contribution >= 0.6 is 11.8 Å². The first kappa shape index (κ1) is 17.1. The van der Waals surface area contributed by atoms with Crippen LogP contribution in [0.1, 0.15) is 59.8 Å². The SMILES string of the molecule is CCSC1CCC(NC(=O)C2CCC(N)C(C)C2(C)C)C1. The van der Waals surface area contributed by atoms with Crippen molar-refractivity contribution in [3.05, 3.63) is 0 Å². The minimum Gasteiger partial charge on any atom is -0.353 e. The van der Waals surface area contributed by atoms with Gasteiger partial charge >= 0.3 is 0 Å². The lowest BCUT2D eigenvalue weighted by Gasteiger charge is -2.46. The van der Waals surface area contributed by atoms with E-state index >= 15 is 0 Å². The number of hydrogen-bond acceptors (Lipinski definition) is 3. The fourth-order valence-electron chi connectivity index (χ4n) is 4.08. The van der Waals surface area contributed by atoms with Crippen LogP contribution in [0.3, 0.4) is 0 Å². The average Bonchev–Trinajstić information content (AvgIpc) is 2.83. The van der Waals surface area contributed by atoms with Crippen molar-refractivity contribution >= 4 is 17.7 Å². The van der Waals surface area contributed by atoms with E-state index in [-0.39, 0.29) is 23.3 Å².